The molecule has 10 heteroatoms. The lowest BCUT2D eigenvalue weighted by Gasteiger charge is -2.24. The van der Waals surface area contributed by atoms with Gasteiger partial charge < -0.3 is 24.1 Å². The standard InChI is InChI=1S/C20H21Cl2N3O3S.CH4O/c1-4-24(8-10-28-2)20-15(22)11-13-17(27)12-5-6-14(21)18(29-3)16(12)25(7-9-26)19(13)23-20;1-2/h5-6,9,11H,4,7-8,10H2,1-3H3;2H,1H3. The highest BCUT2D eigenvalue weighted by Gasteiger charge is 2.20. The van der Waals surface area contributed by atoms with Gasteiger partial charge in [-0.25, -0.2) is 4.98 Å². The number of carbonyl (C=O) groups excluding carboxylic acids is 1. The van der Waals surface area contributed by atoms with Gasteiger partial charge in [-0.3, -0.25) is 4.79 Å². The molecule has 7 nitrogen and oxygen atoms in total. The van der Waals surface area contributed by atoms with E-state index in [0.717, 1.165) is 18.3 Å². The third-order valence-corrected chi connectivity index (χ3v) is 6.27. The number of aliphatic hydroxyl groups is 1. The molecule has 31 heavy (non-hydrogen) atoms. The van der Waals surface area contributed by atoms with E-state index < -0.39 is 0 Å². The first kappa shape index (κ1) is 25.4. The molecule has 0 saturated heterocycles. The van der Waals surface area contributed by atoms with Crippen molar-refractivity contribution in [3.63, 3.8) is 0 Å². The van der Waals surface area contributed by atoms with E-state index >= 15 is 0 Å². The van der Waals surface area contributed by atoms with Crippen LogP contribution >= 0.6 is 35.0 Å². The SMILES string of the molecule is CCN(CCOC)c1nc2c(cc1Cl)c(=O)c1ccc(Cl)c(SC)c1n2CC=O.CO. The van der Waals surface area contributed by atoms with Gasteiger partial charge in [-0.1, -0.05) is 23.2 Å². The lowest BCUT2D eigenvalue weighted by molar-refractivity contribution is -0.108. The first-order valence-corrected chi connectivity index (χ1v) is 11.5. The number of fused-ring (bicyclic) bond motifs is 2. The molecule has 168 valence electrons. The fourth-order valence-electron chi connectivity index (χ4n) is 3.37. The molecule has 0 saturated carbocycles. The van der Waals surface area contributed by atoms with Gasteiger partial charge in [0.1, 0.15) is 17.8 Å². The molecule has 1 N–H and O–H groups in total. The highest BCUT2D eigenvalue weighted by Crippen LogP contribution is 2.35. The number of aldehydes is 1. The number of aromatic nitrogens is 2. The molecule has 0 bridgehead atoms. The lowest BCUT2D eigenvalue weighted by atomic mass is 10.1. The second-order valence-corrected chi connectivity index (χ2v) is 7.95. The van der Waals surface area contributed by atoms with Crippen molar-refractivity contribution in [3.8, 4) is 0 Å². The van der Waals surface area contributed by atoms with Crippen molar-refractivity contribution >= 4 is 69.0 Å². The third kappa shape index (κ3) is 4.99. The van der Waals surface area contributed by atoms with E-state index in [-0.39, 0.29) is 12.0 Å². The summed E-state index contributed by atoms with van der Waals surface area (Å²) in [6.07, 6.45) is 2.66. The number of rotatable bonds is 8. The average molecular weight is 486 g/mol. The fraction of sp³-hybridized carbons (Fsp3) is 0.381. The number of hydrogen-bond donors (Lipinski definition) is 1. The Labute approximate surface area is 194 Å². The molecule has 1 aromatic carbocycles. The number of halogens is 2. The molecule has 3 rings (SSSR count). The van der Waals surface area contributed by atoms with Crippen molar-refractivity contribution in [1.29, 1.82) is 0 Å². The van der Waals surface area contributed by atoms with Crippen LogP contribution < -0.4 is 10.3 Å². The second-order valence-electron chi connectivity index (χ2n) is 6.32. The van der Waals surface area contributed by atoms with Gasteiger partial charge in [0.25, 0.3) is 0 Å². The minimum absolute atomic E-state index is 0.0411. The first-order valence-electron chi connectivity index (χ1n) is 9.49. The minimum Gasteiger partial charge on any atom is -0.400 e. The molecule has 2 heterocycles. The van der Waals surface area contributed by atoms with Crippen molar-refractivity contribution in [1.82, 2.24) is 9.55 Å². The van der Waals surface area contributed by atoms with E-state index in [1.807, 2.05) is 18.1 Å². The Balaban J connectivity index is 0.00000166. The lowest BCUT2D eigenvalue weighted by Crippen LogP contribution is -2.28. The van der Waals surface area contributed by atoms with Crippen molar-refractivity contribution in [3.05, 3.63) is 38.5 Å². The zero-order chi connectivity index (χ0) is 23.1. The topological polar surface area (TPSA) is 84.7 Å². The summed E-state index contributed by atoms with van der Waals surface area (Å²) in [6.45, 7) is 3.80. The summed E-state index contributed by atoms with van der Waals surface area (Å²) in [5.74, 6) is 0.546. The van der Waals surface area contributed by atoms with Gasteiger partial charge in [-0.2, -0.15) is 0 Å². The number of aliphatic hydroxyl groups excluding tert-OH is 1. The number of likely N-dealkylation sites (N-methyl/N-ethyl adjacent to an activating group) is 1. The predicted octanol–water partition coefficient (Wildman–Crippen LogP) is 3.86. The molecule has 0 aliphatic heterocycles. The summed E-state index contributed by atoms with van der Waals surface area (Å²) in [5.41, 5.74) is 0.822. The van der Waals surface area contributed by atoms with E-state index in [9.17, 15) is 9.59 Å². The van der Waals surface area contributed by atoms with Crippen molar-refractivity contribution in [2.24, 2.45) is 0 Å². The highest BCUT2D eigenvalue weighted by atomic mass is 35.5. The minimum atomic E-state index is -0.190. The molecule has 0 unspecified atom stereocenters. The number of hydrogen-bond acceptors (Lipinski definition) is 7. The van der Waals surface area contributed by atoms with Crippen LogP contribution in [0.2, 0.25) is 10.0 Å². The molecule has 0 spiro atoms. The van der Waals surface area contributed by atoms with Gasteiger partial charge in [-0.15, -0.1) is 11.8 Å². The van der Waals surface area contributed by atoms with Crippen LogP contribution in [0.25, 0.3) is 21.9 Å². The normalized spacial score (nSPS) is 10.8. The third-order valence-electron chi connectivity index (χ3n) is 4.74. The zero-order valence-corrected chi connectivity index (χ0v) is 20.1. The number of thioether (sulfide) groups is 1. The average Bonchev–Trinajstić information content (AvgIpc) is 2.78. The first-order chi connectivity index (χ1) is 15.0. The smallest absolute Gasteiger partial charge is 0.198 e. The van der Waals surface area contributed by atoms with Crippen LogP contribution in [0.3, 0.4) is 0 Å². The van der Waals surface area contributed by atoms with E-state index in [4.69, 9.17) is 38.0 Å². The van der Waals surface area contributed by atoms with E-state index in [1.165, 1.54) is 11.8 Å². The van der Waals surface area contributed by atoms with Crippen LogP contribution in [0.4, 0.5) is 5.82 Å². The van der Waals surface area contributed by atoms with Crippen molar-refractivity contribution < 1.29 is 14.6 Å². The Kier molecular flexibility index (Phi) is 9.58. The molecule has 2 aromatic heterocycles. The molecular weight excluding hydrogens is 461 g/mol. The summed E-state index contributed by atoms with van der Waals surface area (Å²) in [5, 5.41) is 8.74. The summed E-state index contributed by atoms with van der Waals surface area (Å²) < 4.78 is 6.91. The number of pyridine rings is 2. The molecular formula is C21H25Cl2N3O4S. The largest absolute Gasteiger partial charge is 0.400 e. The Bertz CT molecular complexity index is 1140. The van der Waals surface area contributed by atoms with Gasteiger partial charge in [0.05, 0.1) is 39.0 Å². The predicted molar refractivity (Wildman–Crippen MR) is 129 cm³/mol. The summed E-state index contributed by atoms with van der Waals surface area (Å²) in [4.78, 5) is 32.1. The maximum absolute atomic E-state index is 13.2. The van der Waals surface area contributed by atoms with Gasteiger partial charge in [0.2, 0.25) is 0 Å². The maximum Gasteiger partial charge on any atom is 0.198 e. The molecule has 0 amide bonds. The van der Waals surface area contributed by atoms with Crippen LogP contribution in [-0.4, -0.2) is 61.1 Å². The van der Waals surface area contributed by atoms with Gasteiger partial charge >= 0.3 is 0 Å². The quantitative estimate of drug-likeness (QED) is 0.294. The molecule has 0 radical (unpaired) electrons. The highest BCUT2D eigenvalue weighted by molar-refractivity contribution is 7.99. The Morgan fingerprint density at radius 2 is 1.97 bits per heavy atom. The summed E-state index contributed by atoms with van der Waals surface area (Å²) in [7, 11) is 2.63. The molecule has 0 atom stereocenters. The Hall–Kier alpha value is -1.84. The van der Waals surface area contributed by atoms with Crippen LogP contribution in [0.5, 0.6) is 0 Å². The van der Waals surface area contributed by atoms with Crippen LogP contribution in [0, 0.1) is 0 Å². The van der Waals surface area contributed by atoms with Gasteiger partial charge in [0, 0.05) is 32.7 Å². The molecule has 0 fully saturated rings. The van der Waals surface area contributed by atoms with E-state index in [0.29, 0.717) is 57.5 Å². The Morgan fingerprint density at radius 3 is 2.55 bits per heavy atom. The van der Waals surface area contributed by atoms with E-state index in [1.54, 1.807) is 29.9 Å². The van der Waals surface area contributed by atoms with Gasteiger partial charge in [0.15, 0.2) is 5.43 Å². The van der Waals surface area contributed by atoms with Crippen LogP contribution in [0.1, 0.15) is 6.92 Å². The second kappa shape index (κ2) is 11.7. The molecule has 0 aliphatic rings. The summed E-state index contributed by atoms with van der Waals surface area (Å²) in [6, 6.07) is 5.01. The number of benzene rings is 1. The van der Waals surface area contributed by atoms with Crippen molar-refractivity contribution in [2.75, 3.05) is 45.1 Å². The number of nitrogens with zero attached hydrogens (tertiary/aromatic N) is 3. The van der Waals surface area contributed by atoms with E-state index in [2.05, 4.69) is 0 Å². The number of ether oxygens (including phenoxy) is 1. The maximum atomic E-state index is 13.2. The fourth-order valence-corrected chi connectivity index (χ4v) is 4.71. The number of anilines is 1. The van der Waals surface area contributed by atoms with Crippen LogP contribution in [-0.2, 0) is 16.1 Å². The number of methoxy groups -OCH3 is 1. The van der Waals surface area contributed by atoms with Gasteiger partial charge in [-0.05, 0) is 31.4 Å². The molecule has 0 aliphatic carbocycles. The Morgan fingerprint density at radius 1 is 1.26 bits per heavy atom. The number of carbonyl (C=O) groups is 1. The molecule has 3 aromatic rings. The summed E-state index contributed by atoms with van der Waals surface area (Å²) >= 11 is 14.3. The monoisotopic (exact) mass is 485 g/mol. The zero-order valence-electron chi connectivity index (χ0n) is 17.8. The van der Waals surface area contributed by atoms with Crippen molar-refractivity contribution in [2.45, 2.75) is 18.4 Å². The van der Waals surface area contributed by atoms with Crippen LogP contribution in [0.15, 0.2) is 27.9 Å².